The molecule has 0 saturated heterocycles. The number of aryl methyl sites for hydroxylation is 1. The summed E-state index contributed by atoms with van der Waals surface area (Å²) >= 11 is 5.82. The van der Waals surface area contributed by atoms with Crippen LogP contribution in [0.25, 0.3) is 10.9 Å². The molecular formula is C18H17ClN2O2. The van der Waals surface area contributed by atoms with Crippen LogP contribution in [0.2, 0.25) is 5.02 Å². The van der Waals surface area contributed by atoms with E-state index in [1.807, 2.05) is 31.2 Å². The molecule has 0 aliphatic carbocycles. The van der Waals surface area contributed by atoms with Crippen molar-refractivity contribution in [2.75, 3.05) is 13.2 Å². The highest BCUT2D eigenvalue weighted by atomic mass is 35.5. The van der Waals surface area contributed by atoms with Gasteiger partial charge in [0, 0.05) is 21.6 Å². The molecule has 23 heavy (non-hydrogen) atoms. The van der Waals surface area contributed by atoms with Gasteiger partial charge in [-0.1, -0.05) is 29.8 Å². The van der Waals surface area contributed by atoms with Gasteiger partial charge in [0.25, 0.3) is 5.91 Å². The fourth-order valence-corrected chi connectivity index (χ4v) is 2.65. The normalized spacial score (nSPS) is 10.7. The van der Waals surface area contributed by atoms with E-state index in [1.165, 1.54) is 0 Å². The minimum Gasteiger partial charge on any atom is -0.492 e. The molecule has 0 spiro atoms. The number of halogens is 1. The fraction of sp³-hybridized carbons (Fsp3) is 0.167. The largest absolute Gasteiger partial charge is 0.492 e. The Bertz CT molecular complexity index is 825. The molecule has 5 heteroatoms. The molecule has 0 radical (unpaired) electrons. The van der Waals surface area contributed by atoms with E-state index in [0.717, 1.165) is 22.3 Å². The summed E-state index contributed by atoms with van der Waals surface area (Å²) in [7, 11) is 0. The summed E-state index contributed by atoms with van der Waals surface area (Å²) in [4.78, 5) is 15.6. The van der Waals surface area contributed by atoms with E-state index in [2.05, 4.69) is 10.3 Å². The third-order valence-corrected chi connectivity index (χ3v) is 3.84. The monoisotopic (exact) mass is 328 g/mol. The van der Waals surface area contributed by atoms with Crippen molar-refractivity contribution in [3.63, 3.8) is 0 Å². The number of aromatic nitrogens is 1. The zero-order valence-corrected chi connectivity index (χ0v) is 13.5. The minimum atomic E-state index is -0.0975. The molecule has 0 bridgehead atoms. The highest BCUT2D eigenvalue weighted by molar-refractivity contribution is 6.30. The Balaban J connectivity index is 1.58. The predicted molar refractivity (Wildman–Crippen MR) is 92.3 cm³/mol. The summed E-state index contributed by atoms with van der Waals surface area (Å²) in [6, 6.07) is 14.9. The van der Waals surface area contributed by atoms with Crippen LogP contribution >= 0.6 is 11.6 Å². The zero-order chi connectivity index (χ0) is 16.2. The number of para-hydroxylation sites is 1. The molecular weight excluding hydrogens is 312 g/mol. The molecule has 0 unspecified atom stereocenters. The number of amides is 1. The van der Waals surface area contributed by atoms with Crippen molar-refractivity contribution in [3.05, 3.63) is 64.8 Å². The van der Waals surface area contributed by atoms with Gasteiger partial charge in [-0.05, 0) is 37.3 Å². The van der Waals surface area contributed by atoms with Crippen molar-refractivity contribution in [2.45, 2.75) is 6.92 Å². The van der Waals surface area contributed by atoms with Crippen molar-refractivity contribution < 1.29 is 9.53 Å². The van der Waals surface area contributed by atoms with E-state index in [4.69, 9.17) is 16.3 Å². The number of carbonyl (C=O) groups excluding carboxylic acids is 1. The standard InChI is InChI=1S/C18H17ClN2O2/c1-12-17(15-4-2-3-5-16(15)21-12)18(22)20-10-11-23-14-8-6-13(19)7-9-14/h2-9,21H,10-11H2,1H3,(H,20,22). The first kappa shape index (κ1) is 15.4. The number of hydrogen-bond acceptors (Lipinski definition) is 2. The van der Waals surface area contributed by atoms with Gasteiger partial charge in [0.05, 0.1) is 12.1 Å². The fourth-order valence-electron chi connectivity index (χ4n) is 2.52. The highest BCUT2D eigenvalue weighted by Gasteiger charge is 2.15. The first-order valence-corrected chi connectivity index (χ1v) is 7.77. The second-order valence-electron chi connectivity index (χ2n) is 5.23. The summed E-state index contributed by atoms with van der Waals surface area (Å²) in [5.74, 6) is 0.631. The van der Waals surface area contributed by atoms with E-state index in [1.54, 1.807) is 24.3 Å². The Morgan fingerprint density at radius 1 is 1.17 bits per heavy atom. The summed E-state index contributed by atoms with van der Waals surface area (Å²) in [5, 5.41) is 4.49. The van der Waals surface area contributed by atoms with Gasteiger partial charge in [0.15, 0.2) is 0 Å². The number of ether oxygens (including phenoxy) is 1. The van der Waals surface area contributed by atoms with Crippen LogP contribution < -0.4 is 10.1 Å². The quantitative estimate of drug-likeness (QED) is 0.697. The number of hydrogen-bond donors (Lipinski definition) is 2. The molecule has 0 aliphatic heterocycles. The highest BCUT2D eigenvalue weighted by Crippen LogP contribution is 2.21. The molecule has 0 aliphatic rings. The third-order valence-electron chi connectivity index (χ3n) is 3.59. The first-order chi connectivity index (χ1) is 11.1. The molecule has 118 valence electrons. The molecule has 4 nitrogen and oxygen atoms in total. The Kier molecular flexibility index (Phi) is 4.53. The van der Waals surface area contributed by atoms with Crippen molar-refractivity contribution in [1.82, 2.24) is 10.3 Å². The van der Waals surface area contributed by atoms with Crippen LogP contribution in [0.5, 0.6) is 5.75 Å². The second-order valence-corrected chi connectivity index (χ2v) is 5.67. The van der Waals surface area contributed by atoms with Crippen LogP contribution in [0.15, 0.2) is 48.5 Å². The van der Waals surface area contributed by atoms with Gasteiger partial charge in [-0.25, -0.2) is 0 Å². The van der Waals surface area contributed by atoms with E-state index < -0.39 is 0 Å². The molecule has 0 atom stereocenters. The summed E-state index contributed by atoms with van der Waals surface area (Å²) < 4.78 is 5.57. The van der Waals surface area contributed by atoms with Gasteiger partial charge in [-0.2, -0.15) is 0 Å². The summed E-state index contributed by atoms with van der Waals surface area (Å²) in [6.07, 6.45) is 0. The lowest BCUT2D eigenvalue weighted by molar-refractivity contribution is 0.0948. The van der Waals surface area contributed by atoms with Crippen molar-refractivity contribution >= 4 is 28.4 Å². The molecule has 0 saturated carbocycles. The zero-order valence-electron chi connectivity index (χ0n) is 12.7. The number of carbonyl (C=O) groups is 1. The summed E-state index contributed by atoms with van der Waals surface area (Å²) in [5.41, 5.74) is 2.52. The molecule has 2 aromatic carbocycles. The van der Waals surface area contributed by atoms with Crippen molar-refractivity contribution in [3.8, 4) is 5.75 Å². The lowest BCUT2D eigenvalue weighted by atomic mass is 10.1. The average molecular weight is 329 g/mol. The van der Waals surface area contributed by atoms with Crippen LogP contribution in [0.4, 0.5) is 0 Å². The SMILES string of the molecule is Cc1[nH]c2ccccc2c1C(=O)NCCOc1ccc(Cl)cc1. The van der Waals surface area contributed by atoms with Gasteiger partial charge >= 0.3 is 0 Å². The Labute approximate surface area is 139 Å². The number of fused-ring (bicyclic) bond motifs is 1. The van der Waals surface area contributed by atoms with Gasteiger partial charge < -0.3 is 15.0 Å². The van der Waals surface area contributed by atoms with Gasteiger partial charge in [0.1, 0.15) is 12.4 Å². The van der Waals surface area contributed by atoms with E-state index >= 15 is 0 Å². The van der Waals surface area contributed by atoms with Crippen LogP contribution in [-0.2, 0) is 0 Å². The van der Waals surface area contributed by atoms with E-state index in [0.29, 0.717) is 23.7 Å². The number of nitrogens with one attached hydrogen (secondary N) is 2. The maximum absolute atomic E-state index is 12.4. The molecule has 1 heterocycles. The molecule has 0 fully saturated rings. The van der Waals surface area contributed by atoms with Gasteiger partial charge in [0.2, 0.25) is 0 Å². The number of aromatic amines is 1. The molecule has 1 amide bonds. The Morgan fingerprint density at radius 2 is 1.91 bits per heavy atom. The topological polar surface area (TPSA) is 54.1 Å². The van der Waals surface area contributed by atoms with Crippen molar-refractivity contribution in [2.24, 2.45) is 0 Å². The van der Waals surface area contributed by atoms with E-state index in [9.17, 15) is 4.79 Å². The molecule has 1 aromatic heterocycles. The Morgan fingerprint density at radius 3 is 2.70 bits per heavy atom. The van der Waals surface area contributed by atoms with Gasteiger partial charge in [-0.3, -0.25) is 4.79 Å². The number of benzene rings is 2. The molecule has 2 N–H and O–H groups in total. The molecule has 3 rings (SSSR count). The van der Waals surface area contributed by atoms with Crippen LogP contribution in [0.3, 0.4) is 0 Å². The number of rotatable bonds is 5. The maximum atomic E-state index is 12.4. The van der Waals surface area contributed by atoms with Crippen LogP contribution in [-0.4, -0.2) is 24.0 Å². The maximum Gasteiger partial charge on any atom is 0.253 e. The second kappa shape index (κ2) is 6.75. The average Bonchev–Trinajstić information content (AvgIpc) is 2.89. The van der Waals surface area contributed by atoms with Crippen LogP contribution in [0.1, 0.15) is 16.1 Å². The van der Waals surface area contributed by atoms with E-state index in [-0.39, 0.29) is 5.91 Å². The third kappa shape index (κ3) is 3.48. The lowest BCUT2D eigenvalue weighted by Crippen LogP contribution is -2.28. The van der Waals surface area contributed by atoms with Crippen molar-refractivity contribution in [1.29, 1.82) is 0 Å². The predicted octanol–water partition coefficient (Wildman–Crippen LogP) is 3.94. The molecule has 3 aromatic rings. The minimum absolute atomic E-state index is 0.0975. The number of H-pyrrole nitrogens is 1. The smallest absolute Gasteiger partial charge is 0.253 e. The summed E-state index contributed by atoms with van der Waals surface area (Å²) in [6.45, 7) is 2.73. The van der Waals surface area contributed by atoms with Gasteiger partial charge in [-0.15, -0.1) is 0 Å². The lowest BCUT2D eigenvalue weighted by Gasteiger charge is -2.08. The van der Waals surface area contributed by atoms with Crippen LogP contribution in [0, 0.1) is 6.92 Å². The first-order valence-electron chi connectivity index (χ1n) is 7.39. The Hall–Kier alpha value is -2.46.